The third-order valence-electron chi connectivity index (χ3n) is 4.26. The number of thiazole rings is 1. The first-order valence-corrected chi connectivity index (χ1v) is 10.1. The van der Waals surface area contributed by atoms with Crippen LogP contribution in [-0.4, -0.2) is 24.7 Å². The number of nitrogens with one attached hydrogen (secondary N) is 2. The van der Waals surface area contributed by atoms with Crippen molar-refractivity contribution in [2.45, 2.75) is 19.9 Å². The molecule has 1 heterocycles. The largest absolute Gasteiger partial charge is 0.497 e. The Morgan fingerprint density at radius 1 is 1.14 bits per heavy atom. The second-order valence-electron chi connectivity index (χ2n) is 6.21. The maximum Gasteiger partial charge on any atom is 0.315 e. The summed E-state index contributed by atoms with van der Waals surface area (Å²) in [6.45, 7) is 2.93. The predicted molar refractivity (Wildman–Crippen MR) is 114 cm³/mol. The van der Waals surface area contributed by atoms with E-state index in [9.17, 15) is 4.79 Å². The quantitative estimate of drug-likeness (QED) is 0.581. The molecule has 0 aliphatic rings. The van der Waals surface area contributed by atoms with E-state index in [-0.39, 0.29) is 6.03 Å². The molecule has 0 fully saturated rings. The van der Waals surface area contributed by atoms with E-state index in [4.69, 9.17) is 16.3 Å². The number of methoxy groups -OCH3 is 1. The molecular weight excluding hydrogens is 394 g/mol. The van der Waals surface area contributed by atoms with Crippen molar-refractivity contribution in [1.29, 1.82) is 0 Å². The highest BCUT2D eigenvalue weighted by molar-refractivity contribution is 7.15. The second-order valence-corrected chi connectivity index (χ2v) is 7.71. The molecule has 0 aliphatic carbocycles. The third-order valence-corrected chi connectivity index (χ3v) is 5.79. The number of amides is 2. The fraction of sp³-hybridized carbons (Fsp3) is 0.238. The number of rotatable bonds is 7. The summed E-state index contributed by atoms with van der Waals surface area (Å²) in [7, 11) is 1.64. The van der Waals surface area contributed by atoms with Gasteiger partial charge >= 0.3 is 6.03 Å². The van der Waals surface area contributed by atoms with Crippen LogP contribution in [0.4, 0.5) is 4.79 Å². The molecule has 146 valence electrons. The van der Waals surface area contributed by atoms with Gasteiger partial charge in [-0.1, -0.05) is 41.9 Å². The van der Waals surface area contributed by atoms with Crippen LogP contribution in [0.25, 0.3) is 10.6 Å². The van der Waals surface area contributed by atoms with Crippen LogP contribution in [0.3, 0.4) is 0 Å². The number of nitrogens with zero attached hydrogens (tertiary/aromatic N) is 1. The molecule has 2 N–H and O–H groups in total. The maximum absolute atomic E-state index is 12.1. The lowest BCUT2D eigenvalue weighted by Gasteiger charge is -2.07. The van der Waals surface area contributed by atoms with E-state index in [0.29, 0.717) is 18.1 Å². The molecule has 1 aromatic heterocycles. The summed E-state index contributed by atoms with van der Waals surface area (Å²) in [6.07, 6.45) is 0.758. The Balaban J connectivity index is 1.48. The summed E-state index contributed by atoms with van der Waals surface area (Å²) in [6, 6.07) is 15.3. The number of ether oxygens (including phenoxy) is 1. The number of aromatic nitrogens is 1. The van der Waals surface area contributed by atoms with E-state index in [2.05, 4.69) is 15.6 Å². The van der Waals surface area contributed by atoms with E-state index in [1.165, 1.54) is 0 Å². The highest BCUT2D eigenvalue weighted by atomic mass is 35.5. The summed E-state index contributed by atoms with van der Waals surface area (Å²) < 4.78 is 5.14. The summed E-state index contributed by atoms with van der Waals surface area (Å²) in [5.74, 6) is 0.825. The predicted octanol–water partition coefficient (Wildman–Crippen LogP) is 4.82. The maximum atomic E-state index is 12.1. The Kier molecular flexibility index (Phi) is 6.90. The fourth-order valence-electron chi connectivity index (χ4n) is 2.68. The minimum absolute atomic E-state index is 0.194. The number of benzene rings is 2. The molecule has 7 heteroatoms. The zero-order valence-electron chi connectivity index (χ0n) is 15.8. The summed E-state index contributed by atoms with van der Waals surface area (Å²) >= 11 is 7.80. The van der Waals surface area contributed by atoms with Crippen molar-refractivity contribution < 1.29 is 9.53 Å². The lowest BCUT2D eigenvalue weighted by Crippen LogP contribution is -2.36. The number of urea groups is 1. The molecule has 0 saturated carbocycles. The molecule has 0 unspecified atom stereocenters. The zero-order chi connectivity index (χ0) is 19.9. The topological polar surface area (TPSA) is 63.2 Å². The van der Waals surface area contributed by atoms with Gasteiger partial charge in [-0.05, 0) is 37.1 Å². The van der Waals surface area contributed by atoms with Crippen LogP contribution in [-0.2, 0) is 13.0 Å². The van der Waals surface area contributed by atoms with Gasteiger partial charge in [-0.25, -0.2) is 9.78 Å². The van der Waals surface area contributed by atoms with Crippen molar-refractivity contribution in [3.63, 3.8) is 0 Å². The lowest BCUT2D eigenvalue weighted by molar-refractivity contribution is 0.240. The first kappa shape index (κ1) is 20.2. The first-order chi connectivity index (χ1) is 13.6. The van der Waals surface area contributed by atoms with Crippen LogP contribution in [0.15, 0.2) is 48.5 Å². The zero-order valence-corrected chi connectivity index (χ0v) is 17.4. The Morgan fingerprint density at radius 2 is 1.89 bits per heavy atom. The van der Waals surface area contributed by atoms with E-state index in [1.807, 2.05) is 55.5 Å². The van der Waals surface area contributed by atoms with Gasteiger partial charge < -0.3 is 15.4 Å². The van der Waals surface area contributed by atoms with Crippen molar-refractivity contribution in [3.05, 3.63) is 69.7 Å². The molecule has 28 heavy (non-hydrogen) atoms. The van der Waals surface area contributed by atoms with E-state index >= 15 is 0 Å². The molecule has 0 atom stereocenters. The van der Waals surface area contributed by atoms with Crippen LogP contribution >= 0.6 is 22.9 Å². The monoisotopic (exact) mass is 415 g/mol. The van der Waals surface area contributed by atoms with Crippen molar-refractivity contribution in [1.82, 2.24) is 15.6 Å². The van der Waals surface area contributed by atoms with Crippen LogP contribution in [0.2, 0.25) is 5.02 Å². The average molecular weight is 416 g/mol. The number of aryl methyl sites for hydroxylation is 1. The van der Waals surface area contributed by atoms with E-state index < -0.39 is 0 Å². The molecule has 0 radical (unpaired) electrons. The highest BCUT2D eigenvalue weighted by Gasteiger charge is 2.12. The van der Waals surface area contributed by atoms with Gasteiger partial charge in [0.15, 0.2) is 0 Å². The molecular formula is C21H22ClN3O2S. The number of carbonyl (C=O) groups is 1. The summed E-state index contributed by atoms with van der Waals surface area (Å²) in [4.78, 5) is 17.7. The van der Waals surface area contributed by atoms with Crippen LogP contribution in [0.5, 0.6) is 5.75 Å². The van der Waals surface area contributed by atoms with Gasteiger partial charge in [0.05, 0.1) is 24.4 Å². The molecule has 2 amide bonds. The minimum atomic E-state index is -0.194. The van der Waals surface area contributed by atoms with Gasteiger partial charge in [0.1, 0.15) is 10.8 Å². The Morgan fingerprint density at radius 3 is 2.61 bits per heavy atom. The van der Waals surface area contributed by atoms with Crippen molar-refractivity contribution in [2.75, 3.05) is 13.7 Å². The summed E-state index contributed by atoms with van der Waals surface area (Å²) in [5.41, 5.74) is 2.95. The standard InChI is InChI=1S/C21H22ClN3O2S/c1-14-19(28-20(25-14)17-5-3-4-6-18(17)22)13-24-21(26)23-12-11-15-7-9-16(27-2)10-8-15/h3-10H,11-13H2,1-2H3,(H2,23,24,26). The van der Waals surface area contributed by atoms with Gasteiger partial charge in [0.25, 0.3) is 0 Å². The molecule has 2 aromatic carbocycles. The van der Waals surface area contributed by atoms with Gasteiger partial charge in [0.2, 0.25) is 0 Å². The Labute approximate surface area is 173 Å². The smallest absolute Gasteiger partial charge is 0.315 e. The number of hydrogen-bond donors (Lipinski definition) is 2. The Bertz CT molecular complexity index is 941. The SMILES string of the molecule is COc1ccc(CCNC(=O)NCc2sc(-c3ccccc3Cl)nc2C)cc1. The number of hydrogen-bond acceptors (Lipinski definition) is 4. The highest BCUT2D eigenvalue weighted by Crippen LogP contribution is 2.32. The van der Waals surface area contributed by atoms with Crippen molar-refractivity contribution in [2.24, 2.45) is 0 Å². The van der Waals surface area contributed by atoms with Crippen LogP contribution < -0.4 is 15.4 Å². The van der Waals surface area contributed by atoms with Crippen LogP contribution in [0.1, 0.15) is 16.1 Å². The van der Waals surface area contributed by atoms with Gasteiger partial charge in [-0.15, -0.1) is 11.3 Å². The van der Waals surface area contributed by atoms with E-state index in [0.717, 1.165) is 38.9 Å². The lowest BCUT2D eigenvalue weighted by atomic mass is 10.1. The molecule has 0 bridgehead atoms. The second kappa shape index (κ2) is 9.57. The average Bonchev–Trinajstić information content (AvgIpc) is 3.07. The molecule has 3 aromatic rings. The van der Waals surface area contributed by atoms with Gasteiger partial charge in [-0.3, -0.25) is 0 Å². The Hall–Kier alpha value is -2.57. The van der Waals surface area contributed by atoms with Crippen molar-refractivity contribution >= 4 is 29.0 Å². The minimum Gasteiger partial charge on any atom is -0.497 e. The normalized spacial score (nSPS) is 10.5. The number of halogens is 1. The first-order valence-electron chi connectivity index (χ1n) is 8.92. The van der Waals surface area contributed by atoms with Gasteiger partial charge in [0, 0.05) is 17.0 Å². The van der Waals surface area contributed by atoms with Crippen LogP contribution in [0, 0.1) is 6.92 Å². The third kappa shape index (κ3) is 5.24. The van der Waals surface area contributed by atoms with Crippen molar-refractivity contribution in [3.8, 4) is 16.3 Å². The molecule has 3 rings (SSSR count). The number of carbonyl (C=O) groups excluding carboxylic acids is 1. The molecule has 0 aliphatic heterocycles. The summed E-state index contributed by atoms with van der Waals surface area (Å²) in [5, 5.41) is 7.30. The molecule has 5 nitrogen and oxygen atoms in total. The molecule has 0 saturated heterocycles. The van der Waals surface area contributed by atoms with Gasteiger partial charge in [-0.2, -0.15) is 0 Å². The molecule has 0 spiro atoms. The van der Waals surface area contributed by atoms with E-state index in [1.54, 1.807) is 18.4 Å². The fourth-order valence-corrected chi connectivity index (χ4v) is 4.00.